The minimum absolute atomic E-state index is 0.460. The average molecular weight is 486 g/mol. The highest BCUT2D eigenvalue weighted by Crippen LogP contribution is 2.39. The molecule has 0 amide bonds. The van der Waals surface area contributed by atoms with Crippen LogP contribution in [0.15, 0.2) is 0 Å². The predicted octanol–water partition coefficient (Wildman–Crippen LogP) is 6.05. The first-order valence-electron chi connectivity index (χ1n) is 14.5. The van der Waals surface area contributed by atoms with Crippen molar-refractivity contribution < 1.29 is 4.43 Å². The van der Waals surface area contributed by atoms with Gasteiger partial charge in [0.1, 0.15) is 0 Å². The monoisotopic (exact) mass is 485 g/mol. The van der Waals surface area contributed by atoms with Crippen molar-refractivity contribution in [3.63, 3.8) is 0 Å². The van der Waals surface area contributed by atoms with Crippen LogP contribution < -0.4 is 0 Å². The van der Waals surface area contributed by atoms with E-state index in [9.17, 15) is 0 Å². The zero-order chi connectivity index (χ0) is 25.0. The molecule has 1 unspecified atom stereocenters. The van der Waals surface area contributed by atoms with Crippen LogP contribution in [0.3, 0.4) is 0 Å². The molecule has 33 heavy (non-hydrogen) atoms. The highest BCUT2D eigenvalue weighted by molar-refractivity contribution is 6.27. The lowest BCUT2D eigenvalue weighted by Gasteiger charge is -2.36. The van der Waals surface area contributed by atoms with E-state index in [1.54, 1.807) is 0 Å². The molecule has 0 heterocycles. The molecule has 0 aromatic heterocycles. The largest absolute Gasteiger partial charge is 0.421 e. The predicted molar refractivity (Wildman–Crippen MR) is 152 cm³/mol. The first kappa shape index (κ1) is 33.1. The van der Waals surface area contributed by atoms with Crippen LogP contribution in [0.2, 0.25) is 6.04 Å². The summed E-state index contributed by atoms with van der Waals surface area (Å²) in [6, 6.07) is 1.37. The second-order valence-electron chi connectivity index (χ2n) is 10.9. The molecular weight excluding hydrogens is 422 g/mol. The molecule has 0 fully saturated rings. The molecule has 0 radical (unpaired) electrons. The molecule has 0 aromatic carbocycles. The molecule has 200 valence electrons. The number of nitrogens with zero attached hydrogens (tertiary/aromatic N) is 3. The Bertz CT molecular complexity index is 346. The van der Waals surface area contributed by atoms with E-state index < -0.39 is 9.76 Å². The van der Waals surface area contributed by atoms with Crippen molar-refractivity contribution in [2.24, 2.45) is 5.41 Å². The maximum atomic E-state index is 6.44. The Hall–Kier alpha value is 0.0569. The molecule has 4 nitrogen and oxygen atoms in total. The molecule has 0 spiro atoms. The van der Waals surface area contributed by atoms with Gasteiger partial charge in [-0.15, -0.1) is 0 Å². The van der Waals surface area contributed by atoms with Gasteiger partial charge >= 0.3 is 0 Å². The Morgan fingerprint density at radius 3 is 1.36 bits per heavy atom. The van der Waals surface area contributed by atoms with Crippen molar-refractivity contribution in [2.75, 3.05) is 60.4 Å². The first-order chi connectivity index (χ1) is 15.8. The van der Waals surface area contributed by atoms with Gasteiger partial charge in [-0.1, -0.05) is 34.1 Å². The maximum Gasteiger partial charge on any atom is 0.162 e. The van der Waals surface area contributed by atoms with Crippen molar-refractivity contribution in [3.8, 4) is 0 Å². The van der Waals surface area contributed by atoms with E-state index in [0.717, 1.165) is 0 Å². The third-order valence-corrected chi connectivity index (χ3v) is 9.36. The Kier molecular flexibility index (Phi) is 21.4. The lowest BCUT2D eigenvalue weighted by atomic mass is 9.76. The second kappa shape index (κ2) is 21.3. The first-order valence-corrected chi connectivity index (χ1v) is 16.1. The summed E-state index contributed by atoms with van der Waals surface area (Å²) in [5, 5.41) is 0. The average Bonchev–Trinajstić information content (AvgIpc) is 2.74. The molecule has 0 rings (SSSR count). The molecular formula is C28H63N3OSi. The molecule has 0 saturated heterocycles. The molecule has 0 aliphatic rings. The standard InChI is InChI=1S/C28H63N3OSi/c1-9-16-27(5)32-33-26-28(17-13-23-29(6)20-10-2,18-14-24-30(7)21-11-3)19-15-25-31(8)22-12-4/h27H,9-26,33H2,1-8H3. The van der Waals surface area contributed by atoms with Gasteiger partial charge in [-0.2, -0.15) is 0 Å². The Morgan fingerprint density at radius 2 is 1.03 bits per heavy atom. The lowest BCUT2D eigenvalue weighted by molar-refractivity contribution is 0.173. The summed E-state index contributed by atoms with van der Waals surface area (Å²) < 4.78 is 6.44. The molecule has 1 atom stereocenters. The van der Waals surface area contributed by atoms with Gasteiger partial charge in [0.25, 0.3) is 0 Å². The normalized spacial score (nSPS) is 13.9. The van der Waals surface area contributed by atoms with E-state index in [1.807, 2.05) is 0 Å². The van der Waals surface area contributed by atoms with Crippen molar-refractivity contribution in [2.45, 2.75) is 117 Å². The zero-order valence-corrected chi connectivity index (χ0v) is 25.7. The van der Waals surface area contributed by atoms with E-state index in [-0.39, 0.29) is 0 Å². The van der Waals surface area contributed by atoms with Gasteiger partial charge in [-0.3, -0.25) is 0 Å². The van der Waals surface area contributed by atoms with Gasteiger partial charge in [-0.05, 0) is 143 Å². The summed E-state index contributed by atoms with van der Waals surface area (Å²) in [4.78, 5) is 7.60. The molecule has 0 aliphatic carbocycles. The Morgan fingerprint density at radius 1 is 0.636 bits per heavy atom. The fraction of sp³-hybridized carbons (Fsp3) is 1.00. The highest BCUT2D eigenvalue weighted by Gasteiger charge is 2.29. The Balaban J connectivity index is 5.17. The van der Waals surface area contributed by atoms with Gasteiger partial charge in [0.2, 0.25) is 0 Å². The highest BCUT2D eigenvalue weighted by atomic mass is 28.2. The van der Waals surface area contributed by atoms with Crippen molar-refractivity contribution in [1.82, 2.24) is 14.7 Å². The molecule has 0 aromatic rings. The smallest absolute Gasteiger partial charge is 0.162 e. The SMILES string of the molecule is CCCC(C)O[SiH2]CC(CCCN(C)CCC)(CCCN(C)CCC)CCCN(C)CCC. The quantitative estimate of drug-likeness (QED) is 0.155. The van der Waals surface area contributed by atoms with Crippen molar-refractivity contribution in [1.29, 1.82) is 0 Å². The minimum Gasteiger partial charge on any atom is -0.421 e. The van der Waals surface area contributed by atoms with Crippen LogP contribution in [0.4, 0.5) is 0 Å². The third kappa shape index (κ3) is 18.0. The molecule has 0 bridgehead atoms. The Labute approximate surface area is 212 Å². The number of hydrogen-bond donors (Lipinski definition) is 0. The van der Waals surface area contributed by atoms with Gasteiger partial charge in [0.15, 0.2) is 9.76 Å². The fourth-order valence-corrected chi connectivity index (χ4v) is 7.24. The number of rotatable bonds is 24. The van der Waals surface area contributed by atoms with E-state index in [1.165, 1.54) is 116 Å². The third-order valence-electron chi connectivity index (χ3n) is 7.29. The van der Waals surface area contributed by atoms with E-state index in [2.05, 4.69) is 70.5 Å². The van der Waals surface area contributed by atoms with E-state index in [0.29, 0.717) is 11.5 Å². The maximum absolute atomic E-state index is 6.44. The van der Waals surface area contributed by atoms with Crippen molar-refractivity contribution in [3.05, 3.63) is 0 Å². The van der Waals surface area contributed by atoms with Crippen LogP contribution in [-0.2, 0) is 4.43 Å². The molecule has 5 heteroatoms. The van der Waals surface area contributed by atoms with Crippen LogP contribution >= 0.6 is 0 Å². The van der Waals surface area contributed by atoms with Gasteiger partial charge < -0.3 is 19.1 Å². The zero-order valence-electron chi connectivity index (χ0n) is 24.3. The van der Waals surface area contributed by atoms with Crippen LogP contribution in [0.5, 0.6) is 0 Å². The van der Waals surface area contributed by atoms with E-state index >= 15 is 0 Å². The summed E-state index contributed by atoms with van der Waals surface area (Å²) in [5.41, 5.74) is 0.491. The summed E-state index contributed by atoms with van der Waals surface area (Å²) in [5.74, 6) is 0. The summed E-state index contributed by atoms with van der Waals surface area (Å²) in [6.07, 6.45) is 14.8. The molecule has 0 N–H and O–H groups in total. The van der Waals surface area contributed by atoms with Crippen molar-refractivity contribution >= 4 is 9.76 Å². The summed E-state index contributed by atoms with van der Waals surface area (Å²) in [7, 11) is 6.43. The minimum atomic E-state index is -0.472. The second-order valence-corrected chi connectivity index (χ2v) is 12.2. The van der Waals surface area contributed by atoms with Crippen LogP contribution in [0.1, 0.15) is 105 Å². The topological polar surface area (TPSA) is 19.0 Å². The van der Waals surface area contributed by atoms with E-state index in [4.69, 9.17) is 4.43 Å². The summed E-state index contributed by atoms with van der Waals surface area (Å²) in [6.45, 7) is 18.9. The van der Waals surface area contributed by atoms with Gasteiger partial charge in [-0.25, -0.2) is 0 Å². The van der Waals surface area contributed by atoms with Crippen LogP contribution in [0.25, 0.3) is 0 Å². The number of hydrogen-bond acceptors (Lipinski definition) is 4. The molecule has 0 aliphatic heterocycles. The van der Waals surface area contributed by atoms with Gasteiger partial charge in [0, 0.05) is 6.10 Å². The van der Waals surface area contributed by atoms with Crippen LogP contribution in [0, 0.1) is 5.41 Å². The molecule has 0 saturated carbocycles. The lowest BCUT2D eigenvalue weighted by Crippen LogP contribution is -2.30. The summed E-state index contributed by atoms with van der Waals surface area (Å²) >= 11 is 0. The van der Waals surface area contributed by atoms with Crippen LogP contribution in [-0.4, -0.2) is 91.0 Å². The van der Waals surface area contributed by atoms with Gasteiger partial charge in [0.05, 0.1) is 0 Å². The fourth-order valence-electron chi connectivity index (χ4n) is 5.37.